The number of ether oxygens (including phenoxy) is 1. The van der Waals surface area contributed by atoms with Crippen LogP contribution in [0.4, 0.5) is 0 Å². The Morgan fingerprint density at radius 1 is 1.07 bits per heavy atom. The van der Waals surface area contributed by atoms with Crippen molar-refractivity contribution >= 4 is 5.97 Å². The van der Waals surface area contributed by atoms with Gasteiger partial charge in [-0.2, -0.15) is 0 Å². The molecule has 0 spiro atoms. The first-order valence-electron chi connectivity index (χ1n) is 16.8. The number of rotatable bonds is 12. The maximum atomic E-state index is 11.8. The SMILES string of the molecule is COC(=O)CC[C@@H](C)C1CCC2C3C(CC[C@@]21C)[C@@]1(C)CC[C@@H](NCCCCNCc2ccccn2)C[C@@H]1C[C@H]3O. The molecule has 0 amide bonds. The van der Waals surface area contributed by atoms with Crippen molar-refractivity contribution in [3.05, 3.63) is 30.1 Å². The van der Waals surface area contributed by atoms with Crippen molar-refractivity contribution in [2.75, 3.05) is 20.2 Å². The number of hydrogen-bond donors (Lipinski definition) is 3. The van der Waals surface area contributed by atoms with Gasteiger partial charge in [0.2, 0.25) is 0 Å². The number of carbonyl (C=O) groups is 1. The highest BCUT2D eigenvalue weighted by Gasteiger charge is 2.62. The van der Waals surface area contributed by atoms with E-state index >= 15 is 0 Å². The summed E-state index contributed by atoms with van der Waals surface area (Å²) in [6, 6.07) is 6.67. The van der Waals surface area contributed by atoms with Gasteiger partial charge in [-0.05, 0) is 142 Å². The van der Waals surface area contributed by atoms with Crippen LogP contribution in [-0.4, -0.2) is 48.4 Å². The molecule has 1 aromatic rings. The standard InChI is InChI=1S/C35H57N3O3/c1-24(10-13-32(40)41-4)28-11-12-29-33-30(15-17-35(28,29)3)34(2)16-14-26(21-25(34)22-31(33)39)37-20-8-7-18-36-23-27-9-5-6-19-38-27/h5-6,9,19,24-26,28-31,33,36-37,39H,7-8,10-18,20-23H2,1-4H3/t24-,25-,26-,28?,29?,30?,31-,33?,34+,35-/m1/s1. The van der Waals surface area contributed by atoms with Crippen LogP contribution in [0.5, 0.6) is 0 Å². The Morgan fingerprint density at radius 3 is 2.63 bits per heavy atom. The summed E-state index contributed by atoms with van der Waals surface area (Å²) in [5.74, 6) is 3.47. The minimum atomic E-state index is -0.157. The van der Waals surface area contributed by atoms with Crippen molar-refractivity contribution < 1.29 is 14.6 Å². The molecule has 4 unspecified atom stereocenters. The molecule has 3 N–H and O–H groups in total. The van der Waals surface area contributed by atoms with Crippen LogP contribution in [0.25, 0.3) is 0 Å². The molecule has 0 aliphatic heterocycles. The third-order valence-corrected chi connectivity index (χ3v) is 12.7. The summed E-state index contributed by atoms with van der Waals surface area (Å²) in [4.78, 5) is 16.2. The fourth-order valence-corrected chi connectivity index (χ4v) is 10.4. The third-order valence-electron chi connectivity index (χ3n) is 12.7. The Morgan fingerprint density at radius 2 is 1.85 bits per heavy atom. The van der Waals surface area contributed by atoms with E-state index in [1.54, 1.807) is 0 Å². The molecule has 4 aliphatic carbocycles. The molecule has 1 aromatic heterocycles. The highest BCUT2D eigenvalue weighted by molar-refractivity contribution is 5.69. The summed E-state index contributed by atoms with van der Waals surface area (Å²) in [5, 5.41) is 19.1. The van der Waals surface area contributed by atoms with E-state index in [0.29, 0.717) is 58.8 Å². The van der Waals surface area contributed by atoms with Gasteiger partial charge >= 0.3 is 5.97 Å². The number of hydrogen-bond acceptors (Lipinski definition) is 6. The van der Waals surface area contributed by atoms with Gasteiger partial charge in [0, 0.05) is 25.2 Å². The average Bonchev–Trinajstić information content (AvgIpc) is 3.33. The molecule has 10 atom stereocenters. The number of carbonyl (C=O) groups excluding carboxylic acids is 1. The Hall–Kier alpha value is -1.50. The van der Waals surface area contributed by atoms with Crippen LogP contribution in [-0.2, 0) is 16.1 Å². The average molecular weight is 568 g/mol. The number of fused-ring (bicyclic) bond motifs is 5. The first-order chi connectivity index (χ1) is 19.8. The summed E-state index contributed by atoms with van der Waals surface area (Å²) in [6.07, 6.45) is 15.4. The lowest BCUT2D eigenvalue weighted by molar-refractivity contribution is -0.167. The van der Waals surface area contributed by atoms with E-state index in [-0.39, 0.29) is 12.1 Å². The predicted molar refractivity (Wildman–Crippen MR) is 164 cm³/mol. The number of methoxy groups -OCH3 is 1. The smallest absolute Gasteiger partial charge is 0.305 e. The summed E-state index contributed by atoms with van der Waals surface area (Å²) in [5.41, 5.74) is 1.77. The van der Waals surface area contributed by atoms with E-state index in [0.717, 1.165) is 38.2 Å². The van der Waals surface area contributed by atoms with Gasteiger partial charge in [-0.1, -0.05) is 26.8 Å². The first kappa shape index (κ1) is 30.9. The zero-order valence-electron chi connectivity index (χ0n) is 26.2. The number of aliphatic hydroxyl groups excluding tert-OH is 1. The number of pyridine rings is 1. The van der Waals surface area contributed by atoms with Crippen LogP contribution >= 0.6 is 0 Å². The second kappa shape index (κ2) is 13.4. The summed E-state index contributed by atoms with van der Waals surface area (Å²) >= 11 is 0. The monoisotopic (exact) mass is 567 g/mol. The normalized spacial score (nSPS) is 38.9. The Balaban J connectivity index is 1.10. The summed E-state index contributed by atoms with van der Waals surface area (Å²) < 4.78 is 4.92. The number of nitrogens with zero attached hydrogens (tertiary/aromatic N) is 1. The van der Waals surface area contributed by atoms with Gasteiger partial charge in [0.1, 0.15) is 0 Å². The van der Waals surface area contributed by atoms with Crippen LogP contribution in [0.2, 0.25) is 0 Å². The van der Waals surface area contributed by atoms with Crippen molar-refractivity contribution in [3.8, 4) is 0 Å². The molecule has 6 heteroatoms. The molecule has 0 bridgehead atoms. The van der Waals surface area contributed by atoms with Crippen LogP contribution < -0.4 is 10.6 Å². The molecule has 230 valence electrons. The summed E-state index contributed by atoms with van der Waals surface area (Å²) in [6.45, 7) is 10.5. The van der Waals surface area contributed by atoms with Gasteiger partial charge in [0.15, 0.2) is 0 Å². The lowest BCUT2D eigenvalue weighted by Gasteiger charge is -2.62. The maximum Gasteiger partial charge on any atom is 0.305 e. The van der Waals surface area contributed by atoms with E-state index in [2.05, 4.69) is 42.5 Å². The number of aromatic nitrogens is 1. The molecule has 0 radical (unpaired) electrons. The van der Waals surface area contributed by atoms with Crippen LogP contribution in [0.15, 0.2) is 24.4 Å². The minimum Gasteiger partial charge on any atom is -0.469 e. The predicted octanol–water partition coefficient (Wildman–Crippen LogP) is 6.13. The molecule has 0 aromatic carbocycles. The Bertz CT molecular complexity index is 990. The molecular weight excluding hydrogens is 510 g/mol. The molecule has 41 heavy (non-hydrogen) atoms. The third kappa shape index (κ3) is 6.55. The van der Waals surface area contributed by atoms with Gasteiger partial charge in [-0.3, -0.25) is 9.78 Å². The Labute approximate surface area is 249 Å². The number of unbranched alkanes of at least 4 members (excludes halogenated alkanes) is 1. The first-order valence-corrected chi connectivity index (χ1v) is 16.8. The van der Waals surface area contributed by atoms with E-state index in [9.17, 15) is 9.90 Å². The number of aliphatic hydroxyl groups is 1. The van der Waals surface area contributed by atoms with Gasteiger partial charge in [-0.15, -0.1) is 0 Å². The quantitative estimate of drug-likeness (QED) is 0.208. The number of nitrogens with one attached hydrogen (secondary N) is 2. The van der Waals surface area contributed by atoms with E-state index in [1.165, 1.54) is 64.9 Å². The molecular formula is C35H57N3O3. The van der Waals surface area contributed by atoms with Crippen molar-refractivity contribution in [1.29, 1.82) is 0 Å². The molecule has 1 heterocycles. The Kier molecular flexibility index (Phi) is 10.1. The topological polar surface area (TPSA) is 83.5 Å². The van der Waals surface area contributed by atoms with Crippen LogP contribution in [0.3, 0.4) is 0 Å². The molecule has 4 saturated carbocycles. The zero-order chi connectivity index (χ0) is 29.0. The van der Waals surface area contributed by atoms with Crippen molar-refractivity contribution in [2.24, 2.45) is 46.3 Å². The van der Waals surface area contributed by atoms with E-state index in [4.69, 9.17) is 4.74 Å². The molecule has 5 rings (SSSR count). The van der Waals surface area contributed by atoms with Crippen LogP contribution in [0, 0.1) is 46.3 Å². The highest BCUT2D eigenvalue weighted by Crippen LogP contribution is 2.68. The lowest BCUT2D eigenvalue weighted by Crippen LogP contribution is -2.59. The van der Waals surface area contributed by atoms with Gasteiger partial charge in [0.25, 0.3) is 0 Å². The highest BCUT2D eigenvalue weighted by atomic mass is 16.5. The fraction of sp³-hybridized carbons (Fsp3) is 0.829. The van der Waals surface area contributed by atoms with Crippen molar-refractivity contribution in [3.63, 3.8) is 0 Å². The largest absolute Gasteiger partial charge is 0.469 e. The minimum absolute atomic E-state index is 0.0827. The lowest BCUT2D eigenvalue weighted by atomic mass is 9.43. The number of esters is 1. The fourth-order valence-electron chi connectivity index (χ4n) is 10.4. The molecule has 4 fully saturated rings. The maximum absolute atomic E-state index is 11.8. The summed E-state index contributed by atoms with van der Waals surface area (Å²) in [7, 11) is 1.49. The van der Waals surface area contributed by atoms with Gasteiger partial charge in [0.05, 0.1) is 18.9 Å². The van der Waals surface area contributed by atoms with Gasteiger partial charge < -0.3 is 20.5 Å². The van der Waals surface area contributed by atoms with E-state index < -0.39 is 0 Å². The molecule has 4 aliphatic rings. The second-order valence-electron chi connectivity index (χ2n) is 14.7. The van der Waals surface area contributed by atoms with Crippen molar-refractivity contribution in [2.45, 2.75) is 117 Å². The molecule has 0 saturated heterocycles. The van der Waals surface area contributed by atoms with E-state index in [1.807, 2.05) is 18.3 Å². The van der Waals surface area contributed by atoms with Crippen LogP contribution in [0.1, 0.15) is 104 Å². The molecule has 6 nitrogen and oxygen atoms in total. The van der Waals surface area contributed by atoms with Crippen molar-refractivity contribution in [1.82, 2.24) is 15.6 Å². The second-order valence-corrected chi connectivity index (χ2v) is 14.7. The van der Waals surface area contributed by atoms with Gasteiger partial charge in [-0.25, -0.2) is 0 Å². The zero-order valence-corrected chi connectivity index (χ0v) is 26.2.